The average Bonchev–Trinajstić information content (AvgIpc) is 2.44. The number of nitrogens with two attached hydrogens (primary N) is 1. The van der Waals surface area contributed by atoms with Gasteiger partial charge in [0.25, 0.3) is 0 Å². The van der Waals surface area contributed by atoms with Crippen molar-refractivity contribution in [2.45, 2.75) is 39.7 Å². The molecule has 0 aliphatic heterocycles. The third kappa shape index (κ3) is 6.74. The molecule has 4 N–H and O–H groups in total. The van der Waals surface area contributed by atoms with E-state index in [-0.39, 0.29) is 29.9 Å². The Morgan fingerprint density at radius 1 is 1.29 bits per heavy atom. The number of aliphatic hydroxyl groups excluding tert-OH is 1. The van der Waals surface area contributed by atoms with Crippen LogP contribution in [-0.2, 0) is 11.2 Å². The largest absolute Gasteiger partial charge is 0.394 e. The second kappa shape index (κ2) is 8.15. The van der Waals surface area contributed by atoms with E-state index in [0.717, 1.165) is 12.0 Å². The maximum atomic E-state index is 12.3. The molecule has 1 amide bonds. The maximum Gasteiger partial charge on any atom is 0.224 e. The molecule has 4 nitrogen and oxygen atoms in total. The van der Waals surface area contributed by atoms with Crippen LogP contribution in [0.25, 0.3) is 0 Å². The fraction of sp³-hybridized carbons (Fsp3) is 0.588. The predicted molar refractivity (Wildman–Crippen MR) is 85.8 cm³/mol. The van der Waals surface area contributed by atoms with Crippen molar-refractivity contribution in [3.05, 3.63) is 35.9 Å². The summed E-state index contributed by atoms with van der Waals surface area (Å²) in [7, 11) is 0. The molecular formula is C17H28N2O2. The summed E-state index contributed by atoms with van der Waals surface area (Å²) in [6.07, 6.45) is 1.36. The molecule has 0 fully saturated rings. The van der Waals surface area contributed by atoms with Crippen LogP contribution in [0.5, 0.6) is 0 Å². The molecule has 0 bridgehead atoms. The summed E-state index contributed by atoms with van der Waals surface area (Å²) in [5, 5.41) is 12.4. The number of hydrogen-bond acceptors (Lipinski definition) is 3. The first-order chi connectivity index (χ1) is 9.85. The Morgan fingerprint density at radius 2 is 1.90 bits per heavy atom. The van der Waals surface area contributed by atoms with Gasteiger partial charge in [0, 0.05) is 6.54 Å². The first kappa shape index (κ1) is 17.7. The summed E-state index contributed by atoms with van der Waals surface area (Å²) in [5.41, 5.74) is 6.87. The van der Waals surface area contributed by atoms with E-state index in [1.165, 1.54) is 0 Å². The van der Waals surface area contributed by atoms with Gasteiger partial charge in [-0.2, -0.15) is 0 Å². The van der Waals surface area contributed by atoms with Crippen LogP contribution in [-0.4, -0.2) is 30.2 Å². The molecule has 0 radical (unpaired) electrons. The Balaban J connectivity index is 2.61. The van der Waals surface area contributed by atoms with Crippen molar-refractivity contribution >= 4 is 5.91 Å². The highest BCUT2D eigenvalue weighted by Gasteiger charge is 2.25. The van der Waals surface area contributed by atoms with E-state index in [0.29, 0.717) is 13.0 Å². The Bertz CT molecular complexity index is 426. The lowest BCUT2D eigenvalue weighted by Gasteiger charge is -2.26. The minimum absolute atomic E-state index is 0.0511. The van der Waals surface area contributed by atoms with Crippen LogP contribution in [0.1, 0.15) is 32.8 Å². The van der Waals surface area contributed by atoms with Gasteiger partial charge in [-0.1, -0.05) is 51.1 Å². The number of benzene rings is 1. The third-order valence-corrected chi connectivity index (χ3v) is 3.41. The fourth-order valence-electron chi connectivity index (χ4n) is 2.40. The van der Waals surface area contributed by atoms with E-state index >= 15 is 0 Å². The van der Waals surface area contributed by atoms with Crippen LogP contribution < -0.4 is 11.1 Å². The average molecular weight is 292 g/mol. The number of nitrogens with one attached hydrogen (secondary N) is 1. The SMILES string of the molecule is CC(C)(C)CC(CN)C(=O)N[C@@H](CO)Cc1ccccc1. The summed E-state index contributed by atoms with van der Waals surface area (Å²) in [6, 6.07) is 9.56. The normalized spacial score (nSPS) is 14.5. The van der Waals surface area contributed by atoms with E-state index in [1.807, 2.05) is 30.3 Å². The molecule has 0 saturated carbocycles. The van der Waals surface area contributed by atoms with Gasteiger partial charge < -0.3 is 16.2 Å². The molecule has 2 atom stereocenters. The topological polar surface area (TPSA) is 75.4 Å². The molecule has 0 heterocycles. The van der Waals surface area contributed by atoms with Crippen LogP contribution in [0.3, 0.4) is 0 Å². The summed E-state index contributed by atoms with van der Waals surface area (Å²) >= 11 is 0. The zero-order chi connectivity index (χ0) is 15.9. The standard InChI is InChI=1S/C17H28N2O2/c1-17(2,3)10-14(11-18)16(21)19-15(12-20)9-13-7-5-4-6-8-13/h4-8,14-15,20H,9-12,18H2,1-3H3,(H,19,21)/t14?,15-/m1/s1. The number of carbonyl (C=O) groups is 1. The fourth-order valence-corrected chi connectivity index (χ4v) is 2.40. The minimum atomic E-state index is -0.270. The zero-order valence-corrected chi connectivity index (χ0v) is 13.3. The molecule has 1 rings (SSSR count). The lowest BCUT2D eigenvalue weighted by molar-refractivity contribution is -0.126. The van der Waals surface area contributed by atoms with Gasteiger partial charge in [-0.3, -0.25) is 4.79 Å². The predicted octanol–water partition coefficient (Wildman–Crippen LogP) is 1.72. The number of rotatable bonds is 7. The molecule has 0 spiro atoms. The minimum Gasteiger partial charge on any atom is -0.394 e. The molecule has 0 aliphatic rings. The number of carbonyl (C=O) groups excluding carboxylic acids is 1. The maximum absolute atomic E-state index is 12.3. The Labute approximate surface area is 127 Å². The van der Waals surface area contributed by atoms with Gasteiger partial charge in [0.15, 0.2) is 0 Å². The molecule has 4 heteroatoms. The Hall–Kier alpha value is -1.39. The van der Waals surface area contributed by atoms with E-state index in [4.69, 9.17) is 5.73 Å². The van der Waals surface area contributed by atoms with Gasteiger partial charge in [0.1, 0.15) is 0 Å². The van der Waals surface area contributed by atoms with Crippen LogP contribution >= 0.6 is 0 Å². The van der Waals surface area contributed by atoms with Crippen molar-refractivity contribution < 1.29 is 9.90 Å². The van der Waals surface area contributed by atoms with E-state index in [9.17, 15) is 9.90 Å². The molecule has 21 heavy (non-hydrogen) atoms. The van der Waals surface area contributed by atoms with Gasteiger partial charge in [-0.15, -0.1) is 0 Å². The third-order valence-electron chi connectivity index (χ3n) is 3.41. The lowest BCUT2D eigenvalue weighted by atomic mass is 9.84. The van der Waals surface area contributed by atoms with Crippen molar-refractivity contribution in [1.82, 2.24) is 5.32 Å². The van der Waals surface area contributed by atoms with Gasteiger partial charge in [0.05, 0.1) is 18.6 Å². The van der Waals surface area contributed by atoms with Crippen molar-refractivity contribution in [3.8, 4) is 0 Å². The molecule has 1 aromatic carbocycles. The molecule has 0 aliphatic carbocycles. The second-order valence-corrected chi connectivity index (χ2v) is 6.78. The van der Waals surface area contributed by atoms with Crippen LogP contribution in [0.2, 0.25) is 0 Å². The van der Waals surface area contributed by atoms with Crippen LogP contribution in [0.4, 0.5) is 0 Å². The van der Waals surface area contributed by atoms with Crippen molar-refractivity contribution in [3.63, 3.8) is 0 Å². The first-order valence-corrected chi connectivity index (χ1v) is 7.51. The van der Waals surface area contributed by atoms with E-state index in [2.05, 4.69) is 26.1 Å². The van der Waals surface area contributed by atoms with Gasteiger partial charge in [-0.25, -0.2) is 0 Å². The van der Waals surface area contributed by atoms with Crippen LogP contribution in [0, 0.1) is 11.3 Å². The first-order valence-electron chi connectivity index (χ1n) is 7.51. The Kier molecular flexibility index (Phi) is 6.85. The number of aliphatic hydroxyl groups is 1. The number of amides is 1. The molecule has 118 valence electrons. The molecule has 0 aromatic heterocycles. The van der Waals surface area contributed by atoms with Gasteiger partial charge in [0.2, 0.25) is 5.91 Å². The zero-order valence-electron chi connectivity index (χ0n) is 13.3. The van der Waals surface area contributed by atoms with Crippen molar-refractivity contribution in [1.29, 1.82) is 0 Å². The highest BCUT2D eigenvalue weighted by Crippen LogP contribution is 2.24. The molecule has 0 saturated heterocycles. The van der Waals surface area contributed by atoms with E-state index < -0.39 is 0 Å². The highest BCUT2D eigenvalue weighted by atomic mass is 16.3. The lowest BCUT2D eigenvalue weighted by Crippen LogP contribution is -2.45. The van der Waals surface area contributed by atoms with E-state index in [1.54, 1.807) is 0 Å². The molecule has 1 unspecified atom stereocenters. The second-order valence-electron chi connectivity index (χ2n) is 6.78. The van der Waals surface area contributed by atoms with Crippen molar-refractivity contribution in [2.24, 2.45) is 17.1 Å². The Morgan fingerprint density at radius 3 is 2.38 bits per heavy atom. The van der Waals surface area contributed by atoms with Crippen LogP contribution in [0.15, 0.2) is 30.3 Å². The smallest absolute Gasteiger partial charge is 0.224 e. The monoisotopic (exact) mass is 292 g/mol. The summed E-state index contributed by atoms with van der Waals surface area (Å²) in [5.74, 6) is -0.280. The quantitative estimate of drug-likeness (QED) is 0.716. The van der Waals surface area contributed by atoms with Gasteiger partial charge >= 0.3 is 0 Å². The summed E-state index contributed by atoms with van der Waals surface area (Å²) in [4.78, 5) is 12.3. The highest BCUT2D eigenvalue weighted by molar-refractivity contribution is 5.79. The molecular weight excluding hydrogens is 264 g/mol. The van der Waals surface area contributed by atoms with Crippen molar-refractivity contribution in [2.75, 3.05) is 13.2 Å². The number of hydrogen-bond donors (Lipinski definition) is 3. The van der Waals surface area contributed by atoms with Gasteiger partial charge in [-0.05, 0) is 23.8 Å². The summed E-state index contributed by atoms with van der Waals surface area (Å²) in [6.45, 7) is 6.53. The summed E-state index contributed by atoms with van der Waals surface area (Å²) < 4.78 is 0. The molecule has 1 aromatic rings.